The fourth-order valence-electron chi connectivity index (χ4n) is 1.84. The molecule has 0 bridgehead atoms. The van der Waals surface area contributed by atoms with E-state index in [9.17, 15) is 20.1 Å². The summed E-state index contributed by atoms with van der Waals surface area (Å²) in [5.41, 5.74) is 0. The number of aliphatic carboxylic acids is 1. The minimum Gasteiger partial charge on any atom is -0.479 e. The van der Waals surface area contributed by atoms with Crippen LogP contribution in [0.25, 0.3) is 0 Å². The van der Waals surface area contributed by atoms with E-state index in [-0.39, 0.29) is 6.10 Å². The molecule has 0 saturated carbocycles. The summed E-state index contributed by atoms with van der Waals surface area (Å²) in [6.45, 7) is 3.76. The number of rotatable bonds is 5. The second-order valence-electron chi connectivity index (χ2n) is 4.31. The number of ether oxygens (including phenoxy) is 2. The van der Waals surface area contributed by atoms with Gasteiger partial charge < -0.3 is 29.9 Å². The lowest BCUT2D eigenvalue weighted by Crippen LogP contribution is -2.60. The van der Waals surface area contributed by atoms with Crippen molar-refractivity contribution in [3.05, 3.63) is 0 Å². The first-order valence-corrected chi connectivity index (χ1v) is 6.00. The van der Waals surface area contributed by atoms with E-state index in [4.69, 9.17) is 14.6 Å². The van der Waals surface area contributed by atoms with Crippen molar-refractivity contribution < 1.29 is 34.7 Å². The van der Waals surface area contributed by atoms with E-state index in [1.807, 2.05) is 13.8 Å². The Morgan fingerprint density at radius 1 is 1.17 bits per heavy atom. The first kappa shape index (κ1) is 15.3. The third kappa shape index (κ3) is 3.18. The van der Waals surface area contributed by atoms with Gasteiger partial charge in [-0.25, -0.2) is 4.79 Å². The highest BCUT2D eigenvalue weighted by Gasteiger charge is 2.47. The lowest BCUT2D eigenvalue weighted by molar-refractivity contribution is -0.304. The van der Waals surface area contributed by atoms with Crippen LogP contribution in [0, 0.1) is 0 Å². The first-order chi connectivity index (χ1) is 8.42. The molecule has 1 fully saturated rings. The van der Waals surface area contributed by atoms with Gasteiger partial charge in [0.15, 0.2) is 12.4 Å². The Hall–Kier alpha value is -0.730. The summed E-state index contributed by atoms with van der Waals surface area (Å²) >= 11 is 0. The average Bonchev–Trinajstić information content (AvgIpc) is 2.35. The van der Waals surface area contributed by atoms with Gasteiger partial charge >= 0.3 is 5.97 Å². The summed E-state index contributed by atoms with van der Waals surface area (Å²) < 4.78 is 10.4. The Balaban J connectivity index is 2.75. The fourth-order valence-corrected chi connectivity index (χ4v) is 1.84. The standard InChI is InChI=1S/C11H20O7/c1-3-5(4-2)17-11-8(14)6(12)7(13)9(18-11)10(15)16/h5-9,11-14H,3-4H2,1-2H3,(H,15,16)/t6-,7-,8+,9-,11+/m1/s1. The topological polar surface area (TPSA) is 116 Å². The van der Waals surface area contributed by atoms with Gasteiger partial charge in [-0.05, 0) is 12.8 Å². The van der Waals surface area contributed by atoms with Crippen LogP contribution in [0.2, 0.25) is 0 Å². The normalized spacial score (nSPS) is 36.9. The molecule has 5 atom stereocenters. The molecule has 1 aliphatic rings. The molecule has 7 nitrogen and oxygen atoms in total. The summed E-state index contributed by atoms with van der Waals surface area (Å²) in [7, 11) is 0. The molecular weight excluding hydrogens is 244 g/mol. The van der Waals surface area contributed by atoms with Crippen LogP contribution in [0.1, 0.15) is 26.7 Å². The summed E-state index contributed by atoms with van der Waals surface area (Å²) in [5, 5.41) is 37.6. The van der Waals surface area contributed by atoms with E-state index in [2.05, 4.69) is 0 Å². The molecule has 106 valence electrons. The van der Waals surface area contributed by atoms with Crippen molar-refractivity contribution in [3.63, 3.8) is 0 Å². The number of hydrogen-bond donors (Lipinski definition) is 4. The van der Waals surface area contributed by atoms with Gasteiger partial charge in [0.1, 0.15) is 18.3 Å². The second kappa shape index (κ2) is 6.44. The number of carbonyl (C=O) groups is 1. The van der Waals surface area contributed by atoms with Crippen molar-refractivity contribution in [2.45, 2.75) is 63.5 Å². The zero-order valence-electron chi connectivity index (χ0n) is 10.4. The number of aliphatic hydroxyl groups excluding tert-OH is 3. The highest BCUT2D eigenvalue weighted by atomic mass is 16.7. The van der Waals surface area contributed by atoms with Crippen molar-refractivity contribution in [3.8, 4) is 0 Å². The Labute approximate surface area is 105 Å². The molecule has 1 rings (SSSR count). The lowest BCUT2D eigenvalue weighted by atomic mass is 9.99. The van der Waals surface area contributed by atoms with E-state index in [0.717, 1.165) is 0 Å². The number of carboxylic acid groups (broad SMARTS) is 1. The largest absolute Gasteiger partial charge is 0.479 e. The number of carboxylic acids is 1. The molecule has 0 aromatic heterocycles. The monoisotopic (exact) mass is 264 g/mol. The maximum Gasteiger partial charge on any atom is 0.335 e. The fraction of sp³-hybridized carbons (Fsp3) is 0.909. The van der Waals surface area contributed by atoms with Crippen LogP contribution < -0.4 is 0 Å². The molecule has 0 aliphatic carbocycles. The summed E-state index contributed by atoms with van der Waals surface area (Å²) in [6, 6.07) is 0. The van der Waals surface area contributed by atoms with Crippen molar-refractivity contribution in [2.75, 3.05) is 0 Å². The highest BCUT2D eigenvalue weighted by Crippen LogP contribution is 2.24. The van der Waals surface area contributed by atoms with Gasteiger partial charge in [0.2, 0.25) is 0 Å². The molecule has 0 radical (unpaired) electrons. The Morgan fingerprint density at radius 2 is 1.72 bits per heavy atom. The van der Waals surface area contributed by atoms with Gasteiger partial charge in [-0.3, -0.25) is 0 Å². The van der Waals surface area contributed by atoms with E-state index in [1.165, 1.54) is 0 Å². The average molecular weight is 264 g/mol. The van der Waals surface area contributed by atoms with E-state index in [0.29, 0.717) is 12.8 Å². The lowest BCUT2D eigenvalue weighted by Gasteiger charge is -2.39. The zero-order valence-corrected chi connectivity index (χ0v) is 10.4. The third-order valence-electron chi connectivity index (χ3n) is 3.05. The van der Waals surface area contributed by atoms with Crippen LogP contribution in [0.4, 0.5) is 0 Å². The Kier molecular flexibility index (Phi) is 5.48. The van der Waals surface area contributed by atoms with Gasteiger partial charge in [-0.15, -0.1) is 0 Å². The predicted octanol–water partition coefficient (Wildman–Crippen LogP) is -0.916. The molecule has 0 unspecified atom stereocenters. The summed E-state index contributed by atoms with van der Waals surface area (Å²) in [5.74, 6) is -1.41. The van der Waals surface area contributed by atoms with Gasteiger partial charge in [0.05, 0.1) is 6.10 Å². The van der Waals surface area contributed by atoms with Crippen LogP contribution in [0.15, 0.2) is 0 Å². The molecule has 18 heavy (non-hydrogen) atoms. The Bertz CT molecular complexity index is 279. The van der Waals surface area contributed by atoms with E-state index < -0.39 is 36.7 Å². The molecule has 0 aromatic rings. The van der Waals surface area contributed by atoms with Gasteiger partial charge in [-0.1, -0.05) is 13.8 Å². The van der Waals surface area contributed by atoms with Crippen molar-refractivity contribution >= 4 is 5.97 Å². The summed E-state index contributed by atoms with van der Waals surface area (Å²) in [4.78, 5) is 10.9. The molecule has 0 aromatic carbocycles. The van der Waals surface area contributed by atoms with Crippen molar-refractivity contribution in [2.24, 2.45) is 0 Å². The predicted molar refractivity (Wildman–Crippen MR) is 59.8 cm³/mol. The molecule has 0 spiro atoms. The van der Waals surface area contributed by atoms with E-state index >= 15 is 0 Å². The number of hydrogen-bond acceptors (Lipinski definition) is 6. The molecular formula is C11H20O7. The SMILES string of the molecule is CCC(CC)O[C@H]1O[C@@H](C(=O)O)[C@H](O)[C@@H](O)[C@@H]1O. The van der Waals surface area contributed by atoms with Crippen LogP contribution in [0.3, 0.4) is 0 Å². The maximum absolute atomic E-state index is 10.9. The molecule has 7 heteroatoms. The van der Waals surface area contributed by atoms with Crippen molar-refractivity contribution in [1.82, 2.24) is 0 Å². The van der Waals surface area contributed by atoms with Crippen LogP contribution in [-0.2, 0) is 14.3 Å². The molecule has 1 saturated heterocycles. The van der Waals surface area contributed by atoms with Crippen LogP contribution >= 0.6 is 0 Å². The molecule has 1 heterocycles. The maximum atomic E-state index is 10.9. The minimum absolute atomic E-state index is 0.207. The summed E-state index contributed by atoms with van der Waals surface area (Å²) in [6.07, 6.45) is -6.51. The third-order valence-corrected chi connectivity index (χ3v) is 3.05. The van der Waals surface area contributed by atoms with Gasteiger partial charge in [0.25, 0.3) is 0 Å². The Morgan fingerprint density at radius 3 is 2.17 bits per heavy atom. The van der Waals surface area contributed by atoms with Crippen molar-refractivity contribution in [1.29, 1.82) is 0 Å². The molecule has 4 N–H and O–H groups in total. The quantitative estimate of drug-likeness (QED) is 0.507. The van der Waals surface area contributed by atoms with Gasteiger partial charge in [-0.2, -0.15) is 0 Å². The zero-order chi connectivity index (χ0) is 13.9. The minimum atomic E-state index is -1.68. The number of aliphatic hydroxyl groups is 3. The smallest absolute Gasteiger partial charge is 0.335 e. The van der Waals surface area contributed by atoms with E-state index in [1.54, 1.807) is 0 Å². The second-order valence-corrected chi connectivity index (χ2v) is 4.31. The van der Waals surface area contributed by atoms with Crippen LogP contribution in [0.5, 0.6) is 0 Å². The van der Waals surface area contributed by atoms with Gasteiger partial charge in [0, 0.05) is 0 Å². The first-order valence-electron chi connectivity index (χ1n) is 6.00. The molecule has 1 aliphatic heterocycles. The highest BCUT2D eigenvalue weighted by molar-refractivity contribution is 5.73. The van der Waals surface area contributed by atoms with Crippen LogP contribution in [-0.4, -0.2) is 63.2 Å². The molecule has 0 amide bonds.